The first-order valence-corrected chi connectivity index (χ1v) is 7.63. The Kier molecular flexibility index (Phi) is 3.70. The van der Waals surface area contributed by atoms with E-state index in [1.807, 2.05) is 4.40 Å². The number of benzene rings is 1. The van der Waals surface area contributed by atoms with Crippen LogP contribution in [0.3, 0.4) is 0 Å². The van der Waals surface area contributed by atoms with Crippen molar-refractivity contribution in [1.82, 2.24) is 14.6 Å². The van der Waals surface area contributed by atoms with Gasteiger partial charge in [0.25, 0.3) is 0 Å². The van der Waals surface area contributed by atoms with Crippen molar-refractivity contribution in [2.24, 2.45) is 0 Å². The molecule has 3 aromatic rings. The number of thiazole rings is 1. The number of carboxylic acids is 1. The molecule has 0 aliphatic heterocycles. The number of fused-ring (bicyclic) bond motifs is 1. The minimum atomic E-state index is -0.778. The Labute approximate surface area is 125 Å². The molecule has 0 saturated carbocycles. The van der Waals surface area contributed by atoms with Crippen LogP contribution < -0.4 is 0 Å². The third-order valence-electron chi connectivity index (χ3n) is 3.36. The Balaban J connectivity index is 1.94. The lowest BCUT2D eigenvalue weighted by Crippen LogP contribution is -2.00. The van der Waals surface area contributed by atoms with Gasteiger partial charge in [-0.1, -0.05) is 29.8 Å². The van der Waals surface area contributed by atoms with Gasteiger partial charge >= 0.3 is 5.97 Å². The summed E-state index contributed by atoms with van der Waals surface area (Å²) < 4.78 is 2.02. The number of hydrogen-bond donors (Lipinski definition) is 1. The van der Waals surface area contributed by atoms with E-state index in [1.54, 1.807) is 11.3 Å². The zero-order valence-corrected chi connectivity index (χ0v) is 12.4. The lowest BCUT2D eigenvalue weighted by molar-refractivity contribution is -0.137. The van der Waals surface area contributed by atoms with E-state index in [0.29, 0.717) is 12.8 Å². The maximum atomic E-state index is 10.6. The van der Waals surface area contributed by atoms with Crippen LogP contribution in [0.5, 0.6) is 0 Å². The molecule has 0 fully saturated rings. The summed E-state index contributed by atoms with van der Waals surface area (Å²) in [6, 6.07) is 8.32. The molecule has 0 radical (unpaired) electrons. The minimum absolute atomic E-state index is 0.152. The van der Waals surface area contributed by atoms with E-state index in [0.717, 1.165) is 22.0 Å². The first kappa shape index (κ1) is 13.8. The minimum Gasteiger partial charge on any atom is -0.481 e. The maximum Gasteiger partial charge on any atom is 0.303 e. The molecule has 21 heavy (non-hydrogen) atoms. The molecule has 0 amide bonds. The van der Waals surface area contributed by atoms with E-state index in [2.05, 4.69) is 46.8 Å². The van der Waals surface area contributed by atoms with Crippen LogP contribution in [-0.2, 0) is 11.2 Å². The highest BCUT2D eigenvalue weighted by molar-refractivity contribution is 7.15. The summed E-state index contributed by atoms with van der Waals surface area (Å²) >= 11 is 1.55. The molecule has 2 aromatic heterocycles. The van der Waals surface area contributed by atoms with Crippen molar-refractivity contribution < 1.29 is 9.90 Å². The fourth-order valence-corrected chi connectivity index (χ4v) is 3.12. The molecule has 0 saturated heterocycles. The van der Waals surface area contributed by atoms with Gasteiger partial charge in [0.05, 0.1) is 5.69 Å². The van der Waals surface area contributed by atoms with Crippen LogP contribution in [0.2, 0.25) is 0 Å². The molecule has 2 heterocycles. The van der Waals surface area contributed by atoms with Gasteiger partial charge in [-0.2, -0.15) is 0 Å². The van der Waals surface area contributed by atoms with E-state index in [9.17, 15) is 4.79 Å². The lowest BCUT2D eigenvalue weighted by atomic mass is 10.1. The van der Waals surface area contributed by atoms with Crippen LogP contribution >= 0.6 is 11.3 Å². The Hall–Kier alpha value is -2.21. The number of carbonyl (C=O) groups is 1. The highest BCUT2D eigenvalue weighted by atomic mass is 32.1. The van der Waals surface area contributed by atoms with Gasteiger partial charge in [-0.15, -0.1) is 21.5 Å². The van der Waals surface area contributed by atoms with Crippen molar-refractivity contribution in [2.45, 2.75) is 26.2 Å². The van der Waals surface area contributed by atoms with E-state index < -0.39 is 5.97 Å². The molecule has 6 heteroatoms. The molecular weight excluding hydrogens is 286 g/mol. The molecule has 0 aliphatic rings. The summed E-state index contributed by atoms with van der Waals surface area (Å²) in [5, 5.41) is 19.1. The quantitative estimate of drug-likeness (QED) is 0.786. The Morgan fingerprint density at radius 2 is 2.05 bits per heavy atom. The summed E-state index contributed by atoms with van der Waals surface area (Å²) in [6.07, 6.45) is 1.33. The zero-order chi connectivity index (χ0) is 14.8. The number of hydrogen-bond acceptors (Lipinski definition) is 4. The molecular formula is C15H15N3O2S. The summed E-state index contributed by atoms with van der Waals surface area (Å²) in [5.74, 6) is 0.0444. The van der Waals surface area contributed by atoms with Crippen molar-refractivity contribution in [3.05, 3.63) is 41.0 Å². The molecule has 0 spiro atoms. The normalized spacial score (nSPS) is 11.1. The molecule has 1 N–H and O–H groups in total. The monoisotopic (exact) mass is 301 g/mol. The molecule has 0 unspecified atom stereocenters. The summed E-state index contributed by atoms with van der Waals surface area (Å²) in [7, 11) is 0. The Bertz CT molecular complexity index is 774. The number of aliphatic carboxylic acids is 1. The lowest BCUT2D eigenvalue weighted by Gasteiger charge is -2.03. The highest BCUT2D eigenvalue weighted by Crippen LogP contribution is 2.27. The molecule has 0 aliphatic carbocycles. The predicted molar refractivity (Wildman–Crippen MR) is 81.6 cm³/mol. The van der Waals surface area contributed by atoms with Crippen molar-refractivity contribution in [3.63, 3.8) is 0 Å². The fourth-order valence-electron chi connectivity index (χ4n) is 2.26. The van der Waals surface area contributed by atoms with Crippen LogP contribution in [-0.4, -0.2) is 25.7 Å². The van der Waals surface area contributed by atoms with Crippen molar-refractivity contribution in [2.75, 3.05) is 0 Å². The van der Waals surface area contributed by atoms with Gasteiger partial charge < -0.3 is 5.11 Å². The number of nitrogens with zero attached hydrogens (tertiary/aromatic N) is 3. The number of aryl methyl sites for hydroxylation is 2. The van der Waals surface area contributed by atoms with Gasteiger partial charge in [0, 0.05) is 18.2 Å². The second-order valence-corrected chi connectivity index (χ2v) is 5.81. The van der Waals surface area contributed by atoms with Crippen LogP contribution in [0.15, 0.2) is 29.6 Å². The van der Waals surface area contributed by atoms with Gasteiger partial charge in [0.1, 0.15) is 5.82 Å². The van der Waals surface area contributed by atoms with Crippen LogP contribution in [0.1, 0.15) is 24.2 Å². The summed E-state index contributed by atoms with van der Waals surface area (Å²) in [6.45, 7) is 2.06. The van der Waals surface area contributed by atoms with Gasteiger partial charge in [0.2, 0.25) is 4.96 Å². The molecule has 0 atom stereocenters. The summed E-state index contributed by atoms with van der Waals surface area (Å²) in [4.78, 5) is 11.5. The molecule has 0 bridgehead atoms. The van der Waals surface area contributed by atoms with E-state index in [-0.39, 0.29) is 6.42 Å². The van der Waals surface area contributed by atoms with Crippen molar-refractivity contribution in [3.8, 4) is 11.3 Å². The topological polar surface area (TPSA) is 67.5 Å². The third kappa shape index (κ3) is 2.80. The van der Waals surface area contributed by atoms with Gasteiger partial charge in [-0.05, 0) is 18.9 Å². The van der Waals surface area contributed by atoms with Crippen molar-refractivity contribution in [1.29, 1.82) is 0 Å². The van der Waals surface area contributed by atoms with E-state index in [4.69, 9.17) is 5.11 Å². The summed E-state index contributed by atoms with van der Waals surface area (Å²) in [5.41, 5.74) is 3.40. The molecule has 3 rings (SSSR count). The smallest absolute Gasteiger partial charge is 0.303 e. The van der Waals surface area contributed by atoms with Gasteiger partial charge in [-0.3, -0.25) is 9.20 Å². The predicted octanol–water partition coefficient (Wildman–Crippen LogP) is 3.17. The van der Waals surface area contributed by atoms with E-state index in [1.165, 1.54) is 5.56 Å². The number of rotatable bonds is 5. The zero-order valence-electron chi connectivity index (χ0n) is 11.6. The Morgan fingerprint density at radius 1 is 1.29 bits per heavy atom. The van der Waals surface area contributed by atoms with Crippen LogP contribution in [0.4, 0.5) is 0 Å². The molecule has 5 nitrogen and oxygen atoms in total. The van der Waals surface area contributed by atoms with Crippen LogP contribution in [0, 0.1) is 6.92 Å². The Morgan fingerprint density at radius 3 is 2.76 bits per heavy atom. The van der Waals surface area contributed by atoms with Gasteiger partial charge in [-0.25, -0.2) is 0 Å². The number of carboxylic acid groups (broad SMARTS) is 1. The molecule has 108 valence electrons. The number of aromatic nitrogens is 3. The second-order valence-electron chi connectivity index (χ2n) is 4.97. The van der Waals surface area contributed by atoms with E-state index >= 15 is 0 Å². The third-order valence-corrected chi connectivity index (χ3v) is 4.17. The SMILES string of the molecule is Cc1ccc(-c2csc3nnc(CCCC(=O)O)n23)cc1. The average molecular weight is 301 g/mol. The average Bonchev–Trinajstić information content (AvgIpc) is 3.02. The highest BCUT2D eigenvalue weighted by Gasteiger charge is 2.13. The maximum absolute atomic E-state index is 10.6. The fraction of sp³-hybridized carbons (Fsp3) is 0.267. The van der Waals surface area contributed by atoms with Crippen LogP contribution in [0.25, 0.3) is 16.2 Å². The van der Waals surface area contributed by atoms with Crippen molar-refractivity contribution >= 4 is 22.3 Å². The first-order chi connectivity index (χ1) is 10.1. The van der Waals surface area contributed by atoms with Gasteiger partial charge in [0.15, 0.2) is 0 Å². The second kappa shape index (κ2) is 5.65. The first-order valence-electron chi connectivity index (χ1n) is 6.75. The molecule has 1 aromatic carbocycles. The largest absolute Gasteiger partial charge is 0.481 e. The standard InChI is InChI=1S/C15H15N3O2S/c1-10-5-7-11(8-6-10)12-9-21-15-17-16-13(18(12)15)3-2-4-14(19)20/h5-9H,2-4H2,1H3,(H,19,20).